The van der Waals surface area contributed by atoms with E-state index in [1.165, 1.54) is 0 Å². The molecule has 6 atom stereocenters. The Bertz CT molecular complexity index is 450. The quantitative estimate of drug-likeness (QED) is 0.377. The standard InChI is InChI=1S/C22H42O8/c1-8-19(29-21(10-3)25-14-17(6)27-21)23-12-16(5)13-24-20(9-2)30-22(11-4)26-15-18(7)28-22/h16-20H,8-15H2,1-7H3. The van der Waals surface area contributed by atoms with E-state index in [9.17, 15) is 0 Å². The minimum absolute atomic E-state index is 0.0167. The Hall–Kier alpha value is -0.320. The smallest absolute Gasteiger partial charge is 0.285 e. The molecule has 0 aliphatic carbocycles. The number of ether oxygens (including phenoxy) is 8. The van der Waals surface area contributed by atoms with Crippen LogP contribution in [-0.4, -0.2) is 63.2 Å². The van der Waals surface area contributed by atoms with E-state index in [1.54, 1.807) is 0 Å². The van der Waals surface area contributed by atoms with Crippen molar-refractivity contribution in [1.82, 2.24) is 0 Å². The second-order valence-corrected chi connectivity index (χ2v) is 8.24. The second kappa shape index (κ2) is 12.1. The lowest BCUT2D eigenvalue weighted by Crippen LogP contribution is -2.40. The van der Waals surface area contributed by atoms with Crippen molar-refractivity contribution < 1.29 is 37.9 Å². The SMILES string of the molecule is CCC(OCC(C)COC(CC)OC1(CC)OCC(C)O1)OC1(CC)OCC(C)O1. The van der Waals surface area contributed by atoms with Gasteiger partial charge in [0.15, 0.2) is 12.6 Å². The van der Waals surface area contributed by atoms with Crippen molar-refractivity contribution >= 4 is 0 Å². The van der Waals surface area contributed by atoms with Crippen LogP contribution in [0.15, 0.2) is 0 Å². The van der Waals surface area contributed by atoms with Crippen molar-refractivity contribution in [2.45, 2.75) is 111 Å². The Balaban J connectivity index is 1.75. The molecule has 0 N–H and O–H groups in total. The molecule has 0 amide bonds. The Labute approximate surface area is 181 Å². The van der Waals surface area contributed by atoms with E-state index < -0.39 is 24.5 Å². The average molecular weight is 435 g/mol. The molecule has 0 saturated carbocycles. The van der Waals surface area contributed by atoms with Gasteiger partial charge < -0.3 is 28.4 Å². The van der Waals surface area contributed by atoms with Crippen LogP contribution in [0.4, 0.5) is 0 Å². The van der Waals surface area contributed by atoms with Crippen LogP contribution in [-0.2, 0) is 37.9 Å². The van der Waals surface area contributed by atoms with Crippen molar-refractivity contribution in [1.29, 1.82) is 0 Å². The molecule has 0 aromatic rings. The third kappa shape index (κ3) is 7.38. The van der Waals surface area contributed by atoms with Crippen molar-refractivity contribution in [2.75, 3.05) is 26.4 Å². The maximum atomic E-state index is 6.03. The van der Waals surface area contributed by atoms with E-state index in [4.69, 9.17) is 37.9 Å². The fourth-order valence-electron chi connectivity index (χ4n) is 3.36. The highest BCUT2D eigenvalue weighted by Crippen LogP contribution is 2.32. The molecule has 30 heavy (non-hydrogen) atoms. The number of hydrogen-bond acceptors (Lipinski definition) is 8. The monoisotopic (exact) mass is 434 g/mol. The van der Waals surface area contributed by atoms with E-state index in [0.717, 1.165) is 0 Å². The van der Waals surface area contributed by atoms with Crippen LogP contribution in [0.25, 0.3) is 0 Å². The predicted molar refractivity (Wildman–Crippen MR) is 110 cm³/mol. The van der Waals surface area contributed by atoms with Crippen LogP contribution in [0.5, 0.6) is 0 Å². The maximum Gasteiger partial charge on any atom is 0.285 e. The van der Waals surface area contributed by atoms with Crippen LogP contribution in [0, 0.1) is 5.92 Å². The molecule has 2 saturated heterocycles. The minimum Gasteiger partial charge on any atom is -0.352 e. The predicted octanol–water partition coefficient (Wildman–Crippen LogP) is 4.16. The molecule has 0 spiro atoms. The molecule has 6 unspecified atom stereocenters. The lowest BCUT2D eigenvalue weighted by molar-refractivity contribution is -0.389. The summed E-state index contributed by atoms with van der Waals surface area (Å²) in [5.41, 5.74) is 0. The van der Waals surface area contributed by atoms with E-state index in [0.29, 0.717) is 52.1 Å². The van der Waals surface area contributed by atoms with Crippen LogP contribution in [0.2, 0.25) is 0 Å². The summed E-state index contributed by atoms with van der Waals surface area (Å²) in [6.07, 6.45) is 1.83. The van der Waals surface area contributed by atoms with Gasteiger partial charge in [-0.25, -0.2) is 0 Å². The highest BCUT2D eigenvalue weighted by Gasteiger charge is 2.43. The molecule has 2 aliphatic heterocycles. The number of hydrogen-bond donors (Lipinski definition) is 0. The van der Waals surface area contributed by atoms with Gasteiger partial charge in [0.05, 0.1) is 38.6 Å². The first-order valence-corrected chi connectivity index (χ1v) is 11.5. The van der Waals surface area contributed by atoms with Crippen molar-refractivity contribution in [2.24, 2.45) is 5.92 Å². The second-order valence-electron chi connectivity index (χ2n) is 8.24. The van der Waals surface area contributed by atoms with Gasteiger partial charge >= 0.3 is 0 Å². The fourth-order valence-corrected chi connectivity index (χ4v) is 3.36. The summed E-state index contributed by atoms with van der Waals surface area (Å²) < 4.78 is 47.1. The first kappa shape index (κ1) is 25.9. The lowest BCUT2D eigenvalue weighted by atomic mass is 10.2. The summed E-state index contributed by atoms with van der Waals surface area (Å²) >= 11 is 0. The van der Waals surface area contributed by atoms with Gasteiger partial charge in [0.25, 0.3) is 11.9 Å². The van der Waals surface area contributed by atoms with Gasteiger partial charge in [-0.15, -0.1) is 0 Å². The molecule has 8 nitrogen and oxygen atoms in total. The van der Waals surface area contributed by atoms with E-state index in [2.05, 4.69) is 6.92 Å². The minimum atomic E-state index is -1.01. The van der Waals surface area contributed by atoms with E-state index in [1.807, 2.05) is 41.5 Å². The third-order valence-corrected chi connectivity index (χ3v) is 5.13. The maximum absolute atomic E-state index is 6.03. The summed E-state index contributed by atoms with van der Waals surface area (Å²) in [4.78, 5) is 0. The molecular weight excluding hydrogens is 392 g/mol. The zero-order valence-corrected chi connectivity index (χ0v) is 19.8. The molecule has 0 aromatic carbocycles. The van der Waals surface area contributed by atoms with Gasteiger partial charge in [-0.05, 0) is 26.7 Å². The zero-order chi connectivity index (χ0) is 22.2. The largest absolute Gasteiger partial charge is 0.352 e. The third-order valence-electron chi connectivity index (χ3n) is 5.13. The molecule has 2 fully saturated rings. The van der Waals surface area contributed by atoms with Gasteiger partial charge in [-0.2, -0.15) is 0 Å². The summed E-state index contributed by atoms with van der Waals surface area (Å²) in [5.74, 6) is -1.86. The Morgan fingerprint density at radius 3 is 1.43 bits per heavy atom. The Kier molecular flexibility index (Phi) is 10.4. The van der Waals surface area contributed by atoms with Crippen molar-refractivity contribution in [3.8, 4) is 0 Å². The molecule has 0 radical (unpaired) electrons. The van der Waals surface area contributed by atoms with E-state index >= 15 is 0 Å². The van der Waals surface area contributed by atoms with Crippen LogP contribution in [0.1, 0.15) is 74.1 Å². The normalized spacial score (nSPS) is 34.9. The van der Waals surface area contributed by atoms with Crippen molar-refractivity contribution in [3.63, 3.8) is 0 Å². The fraction of sp³-hybridized carbons (Fsp3) is 1.00. The van der Waals surface area contributed by atoms with E-state index in [-0.39, 0.29) is 18.1 Å². The molecule has 2 aliphatic rings. The highest BCUT2D eigenvalue weighted by atomic mass is 16.9. The summed E-state index contributed by atoms with van der Waals surface area (Å²) in [6, 6.07) is 0. The molecule has 2 heterocycles. The van der Waals surface area contributed by atoms with Crippen LogP contribution >= 0.6 is 0 Å². The molecule has 8 heteroatoms. The summed E-state index contributed by atoms with van der Waals surface area (Å²) in [5, 5.41) is 0. The average Bonchev–Trinajstić information content (AvgIpc) is 3.31. The Morgan fingerprint density at radius 2 is 1.17 bits per heavy atom. The first-order valence-electron chi connectivity index (χ1n) is 11.5. The van der Waals surface area contributed by atoms with Gasteiger partial charge in [0, 0.05) is 18.8 Å². The zero-order valence-electron chi connectivity index (χ0n) is 19.8. The molecule has 0 bridgehead atoms. The van der Waals surface area contributed by atoms with Gasteiger partial charge in [0.1, 0.15) is 0 Å². The van der Waals surface area contributed by atoms with Gasteiger partial charge in [-0.3, -0.25) is 9.47 Å². The lowest BCUT2D eigenvalue weighted by Gasteiger charge is -2.32. The first-order chi connectivity index (χ1) is 14.3. The van der Waals surface area contributed by atoms with Crippen LogP contribution in [0.3, 0.4) is 0 Å². The molecule has 0 aromatic heterocycles. The van der Waals surface area contributed by atoms with Gasteiger partial charge in [-0.1, -0.05) is 34.6 Å². The topological polar surface area (TPSA) is 73.8 Å². The summed E-state index contributed by atoms with van der Waals surface area (Å²) in [7, 11) is 0. The van der Waals surface area contributed by atoms with Crippen LogP contribution < -0.4 is 0 Å². The van der Waals surface area contributed by atoms with Gasteiger partial charge in [0.2, 0.25) is 0 Å². The molecular formula is C22H42O8. The highest BCUT2D eigenvalue weighted by molar-refractivity contribution is 4.69. The number of rotatable bonds is 14. The summed E-state index contributed by atoms with van der Waals surface area (Å²) in [6.45, 7) is 16.0. The molecule has 2 rings (SSSR count). The Morgan fingerprint density at radius 1 is 0.767 bits per heavy atom. The van der Waals surface area contributed by atoms with Crippen molar-refractivity contribution in [3.05, 3.63) is 0 Å². The molecule has 178 valence electrons.